The van der Waals surface area contributed by atoms with Crippen molar-refractivity contribution in [1.29, 1.82) is 0 Å². The van der Waals surface area contributed by atoms with Crippen LogP contribution in [-0.2, 0) is 9.59 Å². The molecule has 2 aromatic rings. The summed E-state index contributed by atoms with van der Waals surface area (Å²) in [6, 6.07) is 16.4. The molecule has 0 heterocycles. The van der Waals surface area contributed by atoms with Crippen LogP contribution in [0.4, 0.5) is 0 Å². The number of aldehydes is 1. The second-order valence-corrected chi connectivity index (χ2v) is 6.86. The third-order valence-electron chi connectivity index (χ3n) is 5.10. The lowest BCUT2D eigenvalue weighted by Crippen LogP contribution is -2.36. The zero-order chi connectivity index (χ0) is 18.4. The Morgan fingerprint density at radius 3 is 2.23 bits per heavy atom. The van der Waals surface area contributed by atoms with Gasteiger partial charge in [0.1, 0.15) is 6.29 Å². The van der Waals surface area contributed by atoms with E-state index in [1.165, 1.54) is 22.3 Å². The Morgan fingerprint density at radius 2 is 1.65 bits per heavy atom. The van der Waals surface area contributed by atoms with Crippen molar-refractivity contribution in [3.63, 3.8) is 0 Å². The first-order valence-corrected chi connectivity index (χ1v) is 9.37. The molecule has 1 aliphatic rings. The average Bonchev–Trinajstić information content (AvgIpc) is 2.99. The highest BCUT2D eigenvalue weighted by Crippen LogP contribution is 2.46. The standard InChI is InChI=1S/C22H26N2O2/c23-14-6-5-7-16(15-25)24-22(26)13-12-21-19-10-3-1-8-17(19)18-9-2-4-11-20(18)21/h1-4,8-11,15-16,21H,5-7,12-14,23H2,(H,24,26)/t16-/m0/s1. The Kier molecular flexibility index (Phi) is 6.18. The Labute approximate surface area is 154 Å². The summed E-state index contributed by atoms with van der Waals surface area (Å²) in [7, 11) is 0. The van der Waals surface area contributed by atoms with Crippen molar-refractivity contribution < 1.29 is 9.59 Å². The lowest BCUT2D eigenvalue weighted by Gasteiger charge is -2.16. The molecule has 1 amide bonds. The van der Waals surface area contributed by atoms with Crippen molar-refractivity contribution in [3.05, 3.63) is 59.7 Å². The summed E-state index contributed by atoms with van der Waals surface area (Å²) in [6.07, 6.45) is 4.36. The molecule has 26 heavy (non-hydrogen) atoms. The lowest BCUT2D eigenvalue weighted by molar-refractivity contribution is -0.124. The Hall–Kier alpha value is -2.46. The molecule has 0 aromatic heterocycles. The summed E-state index contributed by atoms with van der Waals surface area (Å²) in [5.41, 5.74) is 10.6. The number of nitrogens with one attached hydrogen (secondary N) is 1. The molecule has 0 fully saturated rings. The minimum atomic E-state index is -0.405. The highest BCUT2D eigenvalue weighted by Gasteiger charge is 2.28. The van der Waals surface area contributed by atoms with E-state index in [0.29, 0.717) is 19.4 Å². The summed E-state index contributed by atoms with van der Waals surface area (Å²) >= 11 is 0. The van der Waals surface area contributed by atoms with Crippen molar-refractivity contribution in [2.45, 2.75) is 44.1 Å². The number of hydrogen-bond donors (Lipinski definition) is 2. The second kappa shape index (κ2) is 8.77. The van der Waals surface area contributed by atoms with E-state index in [4.69, 9.17) is 5.73 Å². The van der Waals surface area contributed by atoms with Gasteiger partial charge in [-0.3, -0.25) is 4.79 Å². The number of unbranched alkanes of at least 4 members (excludes halogenated alkanes) is 1. The van der Waals surface area contributed by atoms with E-state index in [9.17, 15) is 9.59 Å². The van der Waals surface area contributed by atoms with E-state index >= 15 is 0 Å². The highest BCUT2D eigenvalue weighted by atomic mass is 16.2. The number of amides is 1. The van der Waals surface area contributed by atoms with E-state index in [2.05, 4.69) is 53.8 Å². The number of carbonyl (C=O) groups is 2. The summed E-state index contributed by atoms with van der Waals surface area (Å²) in [4.78, 5) is 23.5. The molecule has 1 aliphatic carbocycles. The SMILES string of the molecule is NCCCC[C@@H](C=O)NC(=O)CCC1c2ccccc2-c2ccccc21. The lowest BCUT2D eigenvalue weighted by atomic mass is 9.92. The molecule has 0 saturated heterocycles. The monoisotopic (exact) mass is 350 g/mol. The highest BCUT2D eigenvalue weighted by molar-refractivity contribution is 5.81. The number of hydrogen-bond acceptors (Lipinski definition) is 3. The average molecular weight is 350 g/mol. The van der Waals surface area contributed by atoms with Gasteiger partial charge in [-0.25, -0.2) is 0 Å². The maximum atomic E-state index is 12.3. The summed E-state index contributed by atoms with van der Waals surface area (Å²) in [6.45, 7) is 0.611. The van der Waals surface area contributed by atoms with E-state index in [0.717, 1.165) is 25.5 Å². The molecule has 3 rings (SSSR count). The van der Waals surface area contributed by atoms with Crippen LogP contribution in [0.2, 0.25) is 0 Å². The van der Waals surface area contributed by atoms with Gasteiger partial charge in [0.15, 0.2) is 0 Å². The fraction of sp³-hybridized carbons (Fsp3) is 0.364. The van der Waals surface area contributed by atoms with E-state index in [-0.39, 0.29) is 11.8 Å². The molecule has 2 aromatic carbocycles. The van der Waals surface area contributed by atoms with Crippen LogP contribution in [0, 0.1) is 0 Å². The van der Waals surface area contributed by atoms with Crippen LogP contribution in [0.15, 0.2) is 48.5 Å². The van der Waals surface area contributed by atoms with Crippen LogP contribution in [0.5, 0.6) is 0 Å². The van der Waals surface area contributed by atoms with Gasteiger partial charge in [-0.2, -0.15) is 0 Å². The molecular weight excluding hydrogens is 324 g/mol. The number of rotatable bonds is 9. The van der Waals surface area contributed by atoms with Crippen molar-refractivity contribution >= 4 is 12.2 Å². The van der Waals surface area contributed by atoms with Crippen LogP contribution in [-0.4, -0.2) is 24.8 Å². The van der Waals surface area contributed by atoms with Gasteiger partial charge in [-0.1, -0.05) is 48.5 Å². The van der Waals surface area contributed by atoms with Crippen molar-refractivity contribution in [1.82, 2.24) is 5.32 Å². The van der Waals surface area contributed by atoms with Crippen molar-refractivity contribution in [3.8, 4) is 11.1 Å². The van der Waals surface area contributed by atoms with Crippen LogP contribution in [0.3, 0.4) is 0 Å². The van der Waals surface area contributed by atoms with Gasteiger partial charge in [0.05, 0.1) is 6.04 Å². The predicted octanol–water partition coefficient (Wildman–Crippen LogP) is 3.39. The van der Waals surface area contributed by atoms with Gasteiger partial charge < -0.3 is 15.8 Å². The summed E-state index contributed by atoms with van der Waals surface area (Å²) < 4.78 is 0. The van der Waals surface area contributed by atoms with E-state index in [1.54, 1.807) is 0 Å². The molecular formula is C22H26N2O2. The molecule has 4 heteroatoms. The molecule has 0 bridgehead atoms. The summed E-state index contributed by atoms with van der Waals surface area (Å²) in [5.74, 6) is 0.178. The molecule has 0 saturated carbocycles. The third-order valence-corrected chi connectivity index (χ3v) is 5.10. The van der Waals surface area contributed by atoms with Gasteiger partial charge >= 0.3 is 0 Å². The van der Waals surface area contributed by atoms with Crippen LogP contribution in [0.25, 0.3) is 11.1 Å². The van der Waals surface area contributed by atoms with E-state index in [1.807, 2.05) is 0 Å². The molecule has 0 aliphatic heterocycles. The minimum Gasteiger partial charge on any atom is -0.347 e. The number of fused-ring (bicyclic) bond motifs is 3. The zero-order valence-corrected chi connectivity index (χ0v) is 15.0. The van der Waals surface area contributed by atoms with Gasteiger partial charge in [0, 0.05) is 12.3 Å². The molecule has 3 N–H and O–H groups in total. The molecule has 1 atom stereocenters. The van der Waals surface area contributed by atoms with Crippen molar-refractivity contribution in [2.75, 3.05) is 6.54 Å². The number of nitrogens with two attached hydrogens (primary N) is 1. The topological polar surface area (TPSA) is 72.2 Å². The van der Waals surface area contributed by atoms with Crippen molar-refractivity contribution in [2.24, 2.45) is 5.73 Å². The Bertz CT molecular complexity index is 727. The van der Waals surface area contributed by atoms with Crippen LogP contribution >= 0.6 is 0 Å². The largest absolute Gasteiger partial charge is 0.347 e. The van der Waals surface area contributed by atoms with E-state index < -0.39 is 6.04 Å². The van der Waals surface area contributed by atoms with Gasteiger partial charge in [-0.15, -0.1) is 0 Å². The first kappa shape index (κ1) is 18.3. The number of carbonyl (C=O) groups excluding carboxylic acids is 2. The quantitative estimate of drug-likeness (QED) is 0.538. The maximum Gasteiger partial charge on any atom is 0.220 e. The van der Waals surface area contributed by atoms with Crippen LogP contribution in [0.1, 0.15) is 49.1 Å². The first-order chi connectivity index (χ1) is 12.7. The van der Waals surface area contributed by atoms with Crippen LogP contribution < -0.4 is 11.1 Å². The summed E-state index contributed by atoms with van der Waals surface area (Å²) in [5, 5.41) is 2.85. The van der Waals surface area contributed by atoms with Gasteiger partial charge in [0.25, 0.3) is 0 Å². The normalized spacial score (nSPS) is 13.7. The molecule has 0 spiro atoms. The minimum absolute atomic E-state index is 0.0586. The molecule has 0 radical (unpaired) electrons. The molecule has 4 nitrogen and oxygen atoms in total. The fourth-order valence-electron chi connectivity index (χ4n) is 3.81. The predicted molar refractivity (Wildman–Crippen MR) is 104 cm³/mol. The maximum absolute atomic E-state index is 12.3. The first-order valence-electron chi connectivity index (χ1n) is 9.37. The molecule has 0 unspecified atom stereocenters. The number of benzene rings is 2. The third kappa shape index (κ3) is 4.02. The Balaban J connectivity index is 1.62. The van der Waals surface area contributed by atoms with Gasteiger partial charge in [0.2, 0.25) is 5.91 Å². The Morgan fingerprint density at radius 1 is 1.04 bits per heavy atom. The fourth-order valence-corrected chi connectivity index (χ4v) is 3.81. The smallest absolute Gasteiger partial charge is 0.220 e. The second-order valence-electron chi connectivity index (χ2n) is 6.86. The molecule has 136 valence electrons. The zero-order valence-electron chi connectivity index (χ0n) is 15.0. The van der Waals surface area contributed by atoms with Gasteiger partial charge in [-0.05, 0) is 54.5 Å².